The number of hydrogen-bond acceptors (Lipinski definition) is 5. The van der Waals surface area contributed by atoms with E-state index in [4.69, 9.17) is 0 Å². The first kappa shape index (κ1) is 23.6. The van der Waals surface area contributed by atoms with Crippen LogP contribution in [-0.4, -0.2) is 44.5 Å². The zero-order valence-electron chi connectivity index (χ0n) is 16.9. The van der Waals surface area contributed by atoms with Gasteiger partial charge in [0, 0.05) is 24.3 Å². The lowest BCUT2D eigenvalue weighted by Gasteiger charge is -2.26. The van der Waals surface area contributed by atoms with Gasteiger partial charge in [-0.3, -0.25) is 4.79 Å². The Morgan fingerprint density at radius 3 is 2.50 bits per heavy atom. The lowest BCUT2D eigenvalue weighted by molar-refractivity contribution is -0.153. The second-order valence-corrected chi connectivity index (χ2v) is 9.11. The van der Waals surface area contributed by atoms with E-state index in [0.717, 1.165) is 25.3 Å². The molecule has 1 N–H and O–H groups in total. The zero-order valence-corrected chi connectivity index (χ0v) is 17.7. The topological polar surface area (TPSA) is 99.5 Å². The molecule has 0 bridgehead atoms. The van der Waals surface area contributed by atoms with Crippen molar-refractivity contribution in [3.8, 4) is 11.8 Å². The number of carbonyl (C=O) groups is 1. The van der Waals surface area contributed by atoms with Crippen LogP contribution in [0.15, 0.2) is 47.4 Å². The minimum Gasteiger partial charge on any atom is -0.483 e. The van der Waals surface area contributed by atoms with Crippen LogP contribution < -0.4 is 10.1 Å². The molecule has 1 heterocycles. The van der Waals surface area contributed by atoms with E-state index in [1.54, 1.807) is 6.07 Å². The van der Waals surface area contributed by atoms with Gasteiger partial charge < -0.3 is 10.1 Å². The summed E-state index contributed by atoms with van der Waals surface area (Å²) in [5.41, 5.74) is 0.0441. The standard InChI is InChI=1S/C21H20F3N3O4S/c22-21(23,24)14-31-19-8-7-17(11-16(19)13-25)26-20(28)15-5-4-6-18(12-15)32(29,30)27-9-2-1-3-10-27/h4-8,11-12H,1-3,9-10,14H2,(H,26,28). The predicted octanol–water partition coefficient (Wildman–Crippen LogP) is 3.93. The fourth-order valence-electron chi connectivity index (χ4n) is 3.24. The van der Waals surface area contributed by atoms with Crippen LogP contribution in [0.4, 0.5) is 18.9 Å². The normalized spacial score (nSPS) is 15.1. The van der Waals surface area contributed by atoms with Crippen LogP contribution in [0.2, 0.25) is 0 Å². The van der Waals surface area contributed by atoms with E-state index >= 15 is 0 Å². The Morgan fingerprint density at radius 2 is 1.84 bits per heavy atom. The zero-order chi connectivity index (χ0) is 23.4. The average molecular weight is 467 g/mol. The molecule has 0 atom stereocenters. The molecule has 0 unspecified atom stereocenters. The fraction of sp³-hybridized carbons (Fsp3) is 0.333. The van der Waals surface area contributed by atoms with Gasteiger partial charge in [0.05, 0.1) is 10.5 Å². The number of ether oxygens (including phenoxy) is 1. The molecule has 3 rings (SSSR count). The molecule has 7 nitrogen and oxygen atoms in total. The summed E-state index contributed by atoms with van der Waals surface area (Å²) in [7, 11) is -3.72. The number of alkyl halides is 3. The summed E-state index contributed by atoms with van der Waals surface area (Å²) in [5.74, 6) is -0.897. The number of nitriles is 1. The number of rotatable bonds is 6. The Labute approximate surface area is 183 Å². The molecule has 1 amide bonds. The van der Waals surface area contributed by atoms with Gasteiger partial charge in [-0.2, -0.15) is 22.7 Å². The van der Waals surface area contributed by atoms with Gasteiger partial charge in [-0.1, -0.05) is 12.5 Å². The summed E-state index contributed by atoms with van der Waals surface area (Å²) < 4.78 is 68.7. The lowest BCUT2D eigenvalue weighted by atomic mass is 10.1. The summed E-state index contributed by atoms with van der Waals surface area (Å²) in [6.07, 6.45) is -2.02. The van der Waals surface area contributed by atoms with Gasteiger partial charge in [-0.25, -0.2) is 8.42 Å². The number of hydrogen-bond donors (Lipinski definition) is 1. The number of nitrogens with one attached hydrogen (secondary N) is 1. The monoisotopic (exact) mass is 467 g/mol. The minimum atomic E-state index is -4.56. The van der Waals surface area contributed by atoms with E-state index in [9.17, 15) is 31.6 Å². The number of amides is 1. The number of nitrogens with zero attached hydrogens (tertiary/aromatic N) is 2. The van der Waals surface area contributed by atoms with Crippen molar-refractivity contribution in [2.24, 2.45) is 0 Å². The third-order valence-electron chi connectivity index (χ3n) is 4.80. The van der Waals surface area contributed by atoms with E-state index in [1.165, 1.54) is 40.7 Å². The number of anilines is 1. The van der Waals surface area contributed by atoms with Gasteiger partial charge in [0.15, 0.2) is 6.61 Å². The fourth-order valence-corrected chi connectivity index (χ4v) is 4.80. The molecule has 1 fully saturated rings. The van der Waals surface area contributed by atoms with Crippen molar-refractivity contribution in [3.63, 3.8) is 0 Å². The Bertz CT molecular complexity index is 1140. The summed E-state index contributed by atoms with van der Waals surface area (Å²) in [5, 5.41) is 11.7. The second-order valence-electron chi connectivity index (χ2n) is 7.17. The van der Waals surface area contributed by atoms with Crippen LogP contribution in [0, 0.1) is 11.3 Å². The number of sulfonamides is 1. The highest BCUT2D eigenvalue weighted by Crippen LogP contribution is 2.26. The van der Waals surface area contributed by atoms with Crippen molar-refractivity contribution in [3.05, 3.63) is 53.6 Å². The van der Waals surface area contributed by atoms with Crippen LogP contribution >= 0.6 is 0 Å². The minimum absolute atomic E-state index is 0.000613. The van der Waals surface area contributed by atoms with Gasteiger partial charge in [-0.05, 0) is 49.2 Å². The molecule has 1 aliphatic rings. The molecule has 0 spiro atoms. The Balaban J connectivity index is 1.76. The van der Waals surface area contributed by atoms with Crippen molar-refractivity contribution in [2.75, 3.05) is 25.0 Å². The molecule has 0 radical (unpaired) electrons. The van der Waals surface area contributed by atoms with E-state index in [1.807, 2.05) is 0 Å². The van der Waals surface area contributed by atoms with Gasteiger partial charge in [-0.15, -0.1) is 0 Å². The summed E-state index contributed by atoms with van der Waals surface area (Å²) >= 11 is 0. The maximum absolute atomic E-state index is 12.8. The maximum atomic E-state index is 12.8. The first-order valence-electron chi connectivity index (χ1n) is 9.75. The van der Waals surface area contributed by atoms with E-state index in [2.05, 4.69) is 10.1 Å². The van der Waals surface area contributed by atoms with Crippen LogP contribution in [0.5, 0.6) is 5.75 Å². The molecule has 0 saturated carbocycles. The highest BCUT2D eigenvalue weighted by Gasteiger charge is 2.29. The average Bonchev–Trinajstić information content (AvgIpc) is 2.78. The molecule has 2 aromatic rings. The van der Waals surface area contributed by atoms with Crippen LogP contribution in [0.3, 0.4) is 0 Å². The van der Waals surface area contributed by atoms with Crippen molar-refractivity contribution in [1.29, 1.82) is 5.26 Å². The molecule has 1 saturated heterocycles. The van der Waals surface area contributed by atoms with Gasteiger partial charge >= 0.3 is 6.18 Å². The van der Waals surface area contributed by atoms with E-state index in [0.29, 0.717) is 13.1 Å². The second kappa shape index (κ2) is 9.58. The number of carbonyl (C=O) groups excluding carboxylic acids is 1. The van der Waals surface area contributed by atoms with Crippen LogP contribution in [0.25, 0.3) is 0 Å². The molecule has 11 heteroatoms. The Kier molecular flexibility index (Phi) is 7.06. The molecule has 0 aromatic heterocycles. The Hall–Kier alpha value is -3.10. The van der Waals surface area contributed by atoms with Crippen LogP contribution in [-0.2, 0) is 10.0 Å². The van der Waals surface area contributed by atoms with Crippen molar-refractivity contribution in [2.45, 2.75) is 30.3 Å². The molecule has 2 aromatic carbocycles. The van der Waals surface area contributed by atoms with Gasteiger partial charge in [0.2, 0.25) is 10.0 Å². The highest BCUT2D eigenvalue weighted by atomic mass is 32.2. The number of benzene rings is 2. The smallest absolute Gasteiger partial charge is 0.422 e. The summed E-state index contributed by atoms with van der Waals surface area (Å²) in [6, 6.07) is 10.9. The number of piperidine rings is 1. The third kappa shape index (κ3) is 5.77. The molecule has 1 aliphatic heterocycles. The lowest BCUT2D eigenvalue weighted by Crippen LogP contribution is -2.35. The first-order valence-corrected chi connectivity index (χ1v) is 11.2. The highest BCUT2D eigenvalue weighted by molar-refractivity contribution is 7.89. The largest absolute Gasteiger partial charge is 0.483 e. The molecular formula is C21H20F3N3O4S. The van der Waals surface area contributed by atoms with Crippen molar-refractivity contribution < 1.29 is 31.1 Å². The van der Waals surface area contributed by atoms with E-state index in [-0.39, 0.29) is 27.5 Å². The molecule has 170 valence electrons. The maximum Gasteiger partial charge on any atom is 0.422 e. The van der Waals surface area contributed by atoms with Crippen LogP contribution in [0.1, 0.15) is 35.2 Å². The third-order valence-corrected chi connectivity index (χ3v) is 6.69. The summed E-state index contributed by atoms with van der Waals surface area (Å²) in [4.78, 5) is 12.6. The Morgan fingerprint density at radius 1 is 1.12 bits per heavy atom. The van der Waals surface area contributed by atoms with Crippen molar-refractivity contribution >= 4 is 21.6 Å². The molecule has 0 aliphatic carbocycles. The summed E-state index contributed by atoms with van der Waals surface area (Å²) in [6.45, 7) is -0.692. The van der Waals surface area contributed by atoms with Gasteiger partial charge in [0.1, 0.15) is 11.8 Å². The SMILES string of the molecule is N#Cc1cc(NC(=O)c2cccc(S(=O)(=O)N3CCCCC3)c2)ccc1OCC(F)(F)F. The van der Waals surface area contributed by atoms with Crippen molar-refractivity contribution in [1.82, 2.24) is 4.31 Å². The van der Waals surface area contributed by atoms with Gasteiger partial charge in [0.25, 0.3) is 5.91 Å². The molecule has 32 heavy (non-hydrogen) atoms. The predicted molar refractivity (Wildman–Crippen MR) is 110 cm³/mol. The van der Waals surface area contributed by atoms with E-state index < -0.39 is 28.7 Å². The number of halogens is 3. The molecular weight excluding hydrogens is 447 g/mol. The quantitative estimate of drug-likeness (QED) is 0.694. The first-order chi connectivity index (χ1) is 15.1.